The fraction of sp³-hybridized carbons (Fsp3) is 0.192. The molecule has 0 aliphatic carbocycles. The molecule has 1 heterocycles. The molecule has 0 saturated carbocycles. The van der Waals surface area contributed by atoms with Crippen molar-refractivity contribution in [1.82, 2.24) is 9.55 Å². The van der Waals surface area contributed by atoms with Crippen LogP contribution in [0.3, 0.4) is 0 Å². The van der Waals surface area contributed by atoms with Crippen molar-refractivity contribution in [3.05, 3.63) is 88.2 Å². The van der Waals surface area contributed by atoms with Crippen LogP contribution >= 0.6 is 35.0 Å². The first kappa shape index (κ1) is 23.9. The molecule has 4 aromatic rings. The van der Waals surface area contributed by atoms with Crippen LogP contribution in [0, 0.1) is 0 Å². The number of hydrogen-bond donors (Lipinski definition) is 2. The minimum absolute atomic E-state index is 0.00510. The van der Waals surface area contributed by atoms with Crippen LogP contribution in [0.1, 0.15) is 25.1 Å². The first-order chi connectivity index (χ1) is 15.7. The average Bonchev–Trinajstić information content (AvgIpc) is 3.24. The summed E-state index contributed by atoms with van der Waals surface area (Å²) in [6.45, 7) is 3.39. The predicted molar refractivity (Wildman–Crippen MR) is 137 cm³/mol. The maximum atomic E-state index is 10.6. The normalized spacial score (nSPS) is 11.7. The molecule has 0 aliphatic rings. The Labute approximate surface area is 207 Å². The molecule has 33 heavy (non-hydrogen) atoms. The van der Waals surface area contributed by atoms with Crippen molar-refractivity contribution in [2.24, 2.45) is 0 Å². The molecule has 1 aromatic heterocycles. The topological polar surface area (TPSA) is 58.3 Å². The van der Waals surface area contributed by atoms with E-state index in [0.717, 1.165) is 32.8 Å². The van der Waals surface area contributed by atoms with Gasteiger partial charge in [0.15, 0.2) is 0 Å². The van der Waals surface area contributed by atoms with Gasteiger partial charge in [0.05, 0.1) is 28.0 Å². The number of halogens is 2. The Morgan fingerprint density at radius 2 is 1.67 bits per heavy atom. The van der Waals surface area contributed by atoms with Crippen molar-refractivity contribution in [3.8, 4) is 28.2 Å². The van der Waals surface area contributed by atoms with E-state index in [1.165, 1.54) is 0 Å². The average molecular weight is 499 g/mol. The molecule has 0 radical (unpaired) electrons. The molecule has 7 heteroatoms. The number of rotatable bonds is 6. The highest BCUT2D eigenvalue weighted by Gasteiger charge is 2.24. The summed E-state index contributed by atoms with van der Waals surface area (Å²) < 4.78 is 1.86. The van der Waals surface area contributed by atoms with Gasteiger partial charge in [-0.15, -0.1) is 11.8 Å². The molecular formula is C26H24Cl2N2O2S. The van der Waals surface area contributed by atoms with Gasteiger partial charge in [0, 0.05) is 16.7 Å². The van der Waals surface area contributed by atoms with Gasteiger partial charge >= 0.3 is 0 Å². The third kappa shape index (κ3) is 4.84. The second-order valence-corrected chi connectivity index (χ2v) is 9.87. The molecule has 0 fully saturated rings. The molecular weight excluding hydrogens is 475 g/mol. The van der Waals surface area contributed by atoms with E-state index < -0.39 is 5.60 Å². The third-order valence-corrected chi connectivity index (χ3v) is 6.90. The summed E-state index contributed by atoms with van der Waals surface area (Å²) in [7, 11) is 0. The van der Waals surface area contributed by atoms with Crippen molar-refractivity contribution >= 4 is 35.0 Å². The summed E-state index contributed by atoms with van der Waals surface area (Å²) in [5.74, 6) is 0.601. The Kier molecular flexibility index (Phi) is 6.89. The number of thioether (sulfide) groups is 1. The Bertz CT molecular complexity index is 1310. The van der Waals surface area contributed by atoms with Gasteiger partial charge in [-0.25, -0.2) is 4.98 Å². The summed E-state index contributed by atoms with van der Waals surface area (Å²) in [5, 5.41) is 21.2. The van der Waals surface area contributed by atoms with Crippen molar-refractivity contribution in [2.75, 3.05) is 6.26 Å². The van der Waals surface area contributed by atoms with Crippen LogP contribution in [0.15, 0.2) is 71.8 Å². The Morgan fingerprint density at radius 3 is 2.30 bits per heavy atom. The van der Waals surface area contributed by atoms with Gasteiger partial charge in [-0.2, -0.15) is 0 Å². The van der Waals surface area contributed by atoms with Crippen molar-refractivity contribution < 1.29 is 10.2 Å². The lowest BCUT2D eigenvalue weighted by atomic mass is 10.0. The van der Waals surface area contributed by atoms with E-state index in [9.17, 15) is 10.2 Å². The highest BCUT2D eigenvalue weighted by Crippen LogP contribution is 2.36. The van der Waals surface area contributed by atoms with E-state index >= 15 is 0 Å². The summed E-state index contributed by atoms with van der Waals surface area (Å²) in [5.41, 5.74) is 3.74. The second kappa shape index (κ2) is 9.53. The van der Waals surface area contributed by atoms with Gasteiger partial charge in [-0.05, 0) is 67.1 Å². The third-order valence-electron chi connectivity index (χ3n) is 5.45. The van der Waals surface area contributed by atoms with E-state index in [0.29, 0.717) is 21.6 Å². The van der Waals surface area contributed by atoms with Gasteiger partial charge in [-0.1, -0.05) is 53.5 Å². The number of aliphatic hydroxyl groups excluding tert-OH is 1. The number of aliphatic hydroxyl groups is 2. The van der Waals surface area contributed by atoms with E-state index in [2.05, 4.69) is 6.07 Å². The van der Waals surface area contributed by atoms with Crippen molar-refractivity contribution in [1.29, 1.82) is 0 Å². The van der Waals surface area contributed by atoms with Crippen LogP contribution < -0.4 is 0 Å². The van der Waals surface area contributed by atoms with Crippen molar-refractivity contribution in [2.45, 2.75) is 31.0 Å². The van der Waals surface area contributed by atoms with Crippen LogP contribution in [0.5, 0.6) is 0 Å². The Balaban J connectivity index is 1.84. The van der Waals surface area contributed by atoms with E-state index in [4.69, 9.17) is 28.2 Å². The Hall–Kier alpha value is -2.28. The summed E-state index contributed by atoms with van der Waals surface area (Å²) in [6, 6.07) is 19.3. The van der Waals surface area contributed by atoms with E-state index in [1.54, 1.807) is 31.8 Å². The van der Waals surface area contributed by atoms with Crippen LogP contribution in [0.2, 0.25) is 10.0 Å². The zero-order valence-corrected chi connectivity index (χ0v) is 20.8. The first-order valence-corrected chi connectivity index (χ1v) is 12.4. The fourth-order valence-electron chi connectivity index (χ4n) is 3.63. The molecule has 0 unspecified atom stereocenters. The predicted octanol–water partition coefficient (Wildman–Crippen LogP) is 6.95. The highest BCUT2D eigenvalue weighted by atomic mass is 35.5. The summed E-state index contributed by atoms with van der Waals surface area (Å²) >= 11 is 14.8. The van der Waals surface area contributed by atoms with E-state index in [1.807, 2.05) is 65.4 Å². The lowest BCUT2D eigenvalue weighted by Gasteiger charge is -2.14. The lowest BCUT2D eigenvalue weighted by molar-refractivity contribution is 0.0743. The monoisotopic (exact) mass is 498 g/mol. The number of aromatic nitrogens is 2. The zero-order chi connectivity index (χ0) is 23.8. The van der Waals surface area contributed by atoms with Gasteiger partial charge in [0.25, 0.3) is 0 Å². The number of nitrogens with zero attached hydrogens (tertiary/aromatic N) is 2. The summed E-state index contributed by atoms with van der Waals surface area (Å²) in [4.78, 5) is 5.72. The molecule has 0 saturated heterocycles. The molecule has 2 N–H and O–H groups in total. The summed E-state index contributed by atoms with van der Waals surface area (Å²) in [6.07, 6.45) is 3.78. The van der Waals surface area contributed by atoms with Gasteiger partial charge in [0.1, 0.15) is 11.4 Å². The number of imidazole rings is 1. The standard InChI is InChI=1S/C26H24Cl2N2O2S/c1-26(2,32)24-14-30(25(29-24)19-6-4-5-7-20(19)27)22-11-10-16(12-21(22)28)17-8-9-18(15-31)23(13-17)33-3/h4-14,31-32H,15H2,1-3H3. The number of benzene rings is 3. The molecule has 0 spiro atoms. The van der Waals surface area contributed by atoms with E-state index in [-0.39, 0.29) is 6.61 Å². The van der Waals surface area contributed by atoms with Crippen LogP contribution in [0.25, 0.3) is 28.2 Å². The first-order valence-electron chi connectivity index (χ1n) is 10.4. The largest absolute Gasteiger partial charge is 0.392 e. The van der Waals surface area contributed by atoms with Crippen LogP contribution in [0.4, 0.5) is 0 Å². The van der Waals surface area contributed by atoms with Crippen LogP contribution in [-0.2, 0) is 12.2 Å². The maximum Gasteiger partial charge on any atom is 0.146 e. The van der Waals surface area contributed by atoms with Crippen molar-refractivity contribution in [3.63, 3.8) is 0 Å². The molecule has 170 valence electrons. The molecule has 4 rings (SSSR count). The van der Waals surface area contributed by atoms with Gasteiger partial charge in [-0.3, -0.25) is 4.57 Å². The minimum atomic E-state index is -1.13. The molecule has 0 aliphatic heterocycles. The lowest BCUT2D eigenvalue weighted by Crippen LogP contribution is -2.15. The quantitative estimate of drug-likeness (QED) is 0.282. The molecule has 0 atom stereocenters. The molecule has 0 bridgehead atoms. The SMILES string of the molecule is CSc1cc(-c2ccc(-n3cc(C(C)(C)O)nc3-c3ccccc3Cl)c(Cl)c2)ccc1CO. The van der Waals surface area contributed by atoms with Crippen LogP contribution in [-0.4, -0.2) is 26.0 Å². The second-order valence-electron chi connectivity index (χ2n) is 8.21. The Morgan fingerprint density at radius 1 is 0.970 bits per heavy atom. The minimum Gasteiger partial charge on any atom is -0.392 e. The zero-order valence-electron chi connectivity index (χ0n) is 18.5. The van der Waals surface area contributed by atoms with Gasteiger partial charge < -0.3 is 10.2 Å². The molecule has 4 nitrogen and oxygen atoms in total. The molecule has 3 aromatic carbocycles. The smallest absolute Gasteiger partial charge is 0.146 e. The highest BCUT2D eigenvalue weighted by molar-refractivity contribution is 7.98. The van der Waals surface area contributed by atoms with Gasteiger partial charge in [0.2, 0.25) is 0 Å². The molecule has 0 amide bonds. The maximum absolute atomic E-state index is 10.6. The number of hydrogen-bond acceptors (Lipinski definition) is 4. The fourth-order valence-corrected chi connectivity index (χ4v) is 4.76.